The van der Waals surface area contributed by atoms with Crippen LogP contribution in [0.15, 0.2) is 24.5 Å². The van der Waals surface area contributed by atoms with Crippen LogP contribution in [0.4, 0.5) is 11.8 Å². The van der Waals surface area contributed by atoms with Gasteiger partial charge in [0, 0.05) is 37.5 Å². The first kappa shape index (κ1) is 18.8. The Balaban J connectivity index is 1.74. The molecule has 1 aliphatic carbocycles. The zero-order valence-corrected chi connectivity index (χ0v) is 15.7. The lowest BCUT2D eigenvalue weighted by Gasteiger charge is -2.26. The van der Waals surface area contributed by atoms with Crippen LogP contribution in [0.2, 0.25) is 5.02 Å². The Morgan fingerprint density at radius 3 is 2.85 bits per heavy atom. The molecule has 3 rings (SSSR count). The highest BCUT2D eigenvalue weighted by Gasteiger charge is 2.19. The van der Waals surface area contributed by atoms with Crippen LogP contribution in [0, 0.1) is 0 Å². The van der Waals surface area contributed by atoms with Crippen molar-refractivity contribution in [1.29, 1.82) is 0 Å². The highest BCUT2D eigenvalue weighted by atomic mass is 35.5. The van der Waals surface area contributed by atoms with Crippen molar-refractivity contribution < 1.29 is 4.74 Å². The molecule has 0 radical (unpaired) electrons. The first-order valence-electron chi connectivity index (χ1n) is 8.89. The summed E-state index contributed by atoms with van der Waals surface area (Å²) in [6.45, 7) is 1.29. The van der Waals surface area contributed by atoms with Gasteiger partial charge in [-0.15, -0.1) is 0 Å². The summed E-state index contributed by atoms with van der Waals surface area (Å²) in [7, 11) is 1.67. The van der Waals surface area contributed by atoms with Crippen molar-refractivity contribution in [3.8, 4) is 11.3 Å². The Kier molecular flexibility index (Phi) is 6.60. The Labute approximate surface area is 158 Å². The fourth-order valence-corrected chi connectivity index (χ4v) is 3.24. The molecule has 0 amide bonds. The average Bonchev–Trinajstić information content (AvgIpc) is 2.66. The minimum absolute atomic E-state index is 0.315. The molecule has 26 heavy (non-hydrogen) atoms. The number of halogens is 1. The number of anilines is 2. The van der Waals surface area contributed by atoms with Crippen LogP contribution in [-0.4, -0.2) is 47.3 Å². The van der Waals surface area contributed by atoms with Crippen molar-refractivity contribution in [3.05, 3.63) is 29.5 Å². The minimum Gasteiger partial charge on any atom is -0.383 e. The van der Waals surface area contributed by atoms with Gasteiger partial charge in [0.2, 0.25) is 5.95 Å². The van der Waals surface area contributed by atoms with Gasteiger partial charge >= 0.3 is 0 Å². The van der Waals surface area contributed by atoms with Crippen LogP contribution in [-0.2, 0) is 4.74 Å². The molecule has 140 valence electrons. The number of ether oxygens (including phenoxy) is 1. The van der Waals surface area contributed by atoms with Crippen LogP contribution in [0.1, 0.15) is 25.7 Å². The third-order valence-electron chi connectivity index (χ3n) is 4.49. The van der Waals surface area contributed by atoms with Gasteiger partial charge in [-0.05, 0) is 37.8 Å². The minimum atomic E-state index is 0.315. The van der Waals surface area contributed by atoms with E-state index in [0.717, 1.165) is 37.1 Å². The Bertz CT molecular complexity index is 721. The van der Waals surface area contributed by atoms with Crippen LogP contribution in [0.3, 0.4) is 0 Å². The number of nitrogens with two attached hydrogens (primary N) is 1. The van der Waals surface area contributed by atoms with E-state index >= 15 is 0 Å². The normalized spacial score (nSPS) is 20.0. The zero-order chi connectivity index (χ0) is 18.4. The maximum Gasteiger partial charge on any atom is 0.223 e. The fraction of sp³-hybridized carbons (Fsp3) is 0.500. The Morgan fingerprint density at radius 2 is 2.08 bits per heavy atom. The topological polar surface area (TPSA) is 98.0 Å². The average molecular weight is 377 g/mol. The quantitative estimate of drug-likeness (QED) is 0.639. The maximum atomic E-state index is 6.34. The molecule has 0 atom stereocenters. The molecule has 0 aromatic carbocycles. The van der Waals surface area contributed by atoms with Crippen LogP contribution in [0.25, 0.3) is 11.3 Å². The van der Waals surface area contributed by atoms with Gasteiger partial charge in [0.15, 0.2) is 0 Å². The van der Waals surface area contributed by atoms with Crippen molar-refractivity contribution in [2.45, 2.75) is 37.8 Å². The summed E-state index contributed by atoms with van der Waals surface area (Å²) in [5.41, 5.74) is 7.55. The number of aromatic nitrogens is 3. The van der Waals surface area contributed by atoms with Gasteiger partial charge < -0.3 is 21.1 Å². The van der Waals surface area contributed by atoms with E-state index in [0.29, 0.717) is 41.9 Å². The zero-order valence-electron chi connectivity index (χ0n) is 14.9. The summed E-state index contributed by atoms with van der Waals surface area (Å²) in [6.07, 6.45) is 7.49. The SMILES string of the molecule is COCCNc1cc(-c2nc(N[C@H]3CC[C@H](N)CC3)ncc2Cl)ccn1. The molecule has 2 aromatic rings. The molecule has 1 fully saturated rings. The maximum absolute atomic E-state index is 6.34. The second kappa shape index (κ2) is 9.12. The third-order valence-corrected chi connectivity index (χ3v) is 4.77. The second-order valence-corrected chi connectivity index (χ2v) is 6.90. The Hall–Kier alpha value is -1.96. The number of hydrogen-bond donors (Lipinski definition) is 3. The van der Waals surface area contributed by atoms with Crippen LogP contribution >= 0.6 is 11.6 Å². The molecule has 2 aromatic heterocycles. The molecule has 0 spiro atoms. The molecule has 8 heteroatoms. The highest BCUT2D eigenvalue weighted by Crippen LogP contribution is 2.28. The lowest BCUT2D eigenvalue weighted by atomic mass is 9.92. The molecule has 2 heterocycles. The summed E-state index contributed by atoms with van der Waals surface area (Å²) in [5.74, 6) is 1.35. The van der Waals surface area contributed by atoms with E-state index in [2.05, 4.69) is 25.6 Å². The van der Waals surface area contributed by atoms with Crippen molar-refractivity contribution in [3.63, 3.8) is 0 Å². The summed E-state index contributed by atoms with van der Waals surface area (Å²) >= 11 is 6.34. The molecular formula is C18H25ClN6O. The number of nitrogens with one attached hydrogen (secondary N) is 2. The third kappa shape index (κ3) is 5.03. The molecular weight excluding hydrogens is 352 g/mol. The van der Waals surface area contributed by atoms with Crippen molar-refractivity contribution >= 4 is 23.4 Å². The van der Waals surface area contributed by atoms with Gasteiger partial charge in [0.1, 0.15) is 5.82 Å². The second-order valence-electron chi connectivity index (χ2n) is 6.50. The first-order chi connectivity index (χ1) is 12.7. The molecule has 4 N–H and O–H groups in total. The monoisotopic (exact) mass is 376 g/mol. The highest BCUT2D eigenvalue weighted by molar-refractivity contribution is 6.32. The van der Waals surface area contributed by atoms with Crippen molar-refractivity contribution in [2.75, 3.05) is 30.9 Å². The smallest absolute Gasteiger partial charge is 0.223 e. The lowest BCUT2D eigenvalue weighted by molar-refractivity contribution is 0.210. The van der Waals surface area contributed by atoms with Gasteiger partial charge in [0.05, 0.1) is 23.5 Å². The summed E-state index contributed by atoms with van der Waals surface area (Å²) < 4.78 is 5.04. The Morgan fingerprint density at radius 1 is 1.27 bits per heavy atom. The number of methoxy groups -OCH3 is 1. The summed E-state index contributed by atoms with van der Waals surface area (Å²) in [5, 5.41) is 7.13. The van der Waals surface area contributed by atoms with E-state index in [1.54, 1.807) is 19.5 Å². The fourth-order valence-electron chi connectivity index (χ4n) is 3.04. The number of rotatable bonds is 7. The van der Waals surface area contributed by atoms with E-state index in [4.69, 9.17) is 22.1 Å². The standard InChI is InChI=1S/C18H25ClN6O/c1-26-9-8-22-16-10-12(6-7-21-16)17-15(19)11-23-18(25-17)24-14-4-2-13(20)3-5-14/h6-7,10-11,13-14H,2-5,8-9,20H2,1H3,(H,21,22)(H,23,24,25)/t13-,14-. The molecule has 0 saturated heterocycles. The van der Waals surface area contributed by atoms with E-state index in [-0.39, 0.29) is 0 Å². The number of pyridine rings is 1. The number of nitrogens with zero attached hydrogens (tertiary/aromatic N) is 3. The summed E-state index contributed by atoms with van der Waals surface area (Å²) in [6, 6.07) is 4.48. The van der Waals surface area contributed by atoms with E-state index in [9.17, 15) is 0 Å². The number of hydrogen-bond acceptors (Lipinski definition) is 7. The first-order valence-corrected chi connectivity index (χ1v) is 9.27. The largest absolute Gasteiger partial charge is 0.383 e. The van der Waals surface area contributed by atoms with Crippen molar-refractivity contribution in [1.82, 2.24) is 15.0 Å². The predicted octanol–water partition coefficient (Wildman–Crippen LogP) is 2.93. The van der Waals surface area contributed by atoms with Crippen LogP contribution in [0.5, 0.6) is 0 Å². The molecule has 0 bridgehead atoms. The van der Waals surface area contributed by atoms with E-state index < -0.39 is 0 Å². The van der Waals surface area contributed by atoms with Crippen LogP contribution < -0.4 is 16.4 Å². The van der Waals surface area contributed by atoms with Gasteiger partial charge in [-0.25, -0.2) is 15.0 Å². The van der Waals surface area contributed by atoms with Gasteiger partial charge in [0.25, 0.3) is 0 Å². The molecule has 7 nitrogen and oxygen atoms in total. The molecule has 0 unspecified atom stereocenters. The van der Waals surface area contributed by atoms with E-state index in [1.165, 1.54) is 0 Å². The molecule has 1 aliphatic rings. The summed E-state index contributed by atoms with van der Waals surface area (Å²) in [4.78, 5) is 13.3. The predicted molar refractivity (Wildman–Crippen MR) is 104 cm³/mol. The molecule has 0 aliphatic heterocycles. The molecule has 1 saturated carbocycles. The van der Waals surface area contributed by atoms with Gasteiger partial charge in [-0.3, -0.25) is 0 Å². The van der Waals surface area contributed by atoms with E-state index in [1.807, 2.05) is 12.1 Å². The van der Waals surface area contributed by atoms with Gasteiger partial charge in [-0.1, -0.05) is 11.6 Å². The lowest BCUT2D eigenvalue weighted by Crippen LogP contribution is -2.33. The van der Waals surface area contributed by atoms with Crippen molar-refractivity contribution in [2.24, 2.45) is 5.73 Å². The van der Waals surface area contributed by atoms with Gasteiger partial charge in [-0.2, -0.15) is 0 Å².